The highest BCUT2D eigenvalue weighted by Gasteiger charge is 2.24. The van der Waals surface area contributed by atoms with Crippen LogP contribution in [0.4, 0.5) is 11.5 Å². The first-order chi connectivity index (χ1) is 8.66. The van der Waals surface area contributed by atoms with Crippen LogP contribution >= 0.6 is 11.6 Å². The normalized spacial score (nSPS) is 13.9. The number of halogens is 1. The van der Waals surface area contributed by atoms with Crippen molar-refractivity contribution in [3.05, 3.63) is 46.9 Å². The molecule has 1 aliphatic heterocycles. The summed E-state index contributed by atoms with van der Waals surface area (Å²) in [5.74, 6) is 0.760. The van der Waals surface area contributed by atoms with Crippen LogP contribution in [0, 0.1) is 0 Å². The van der Waals surface area contributed by atoms with Crippen LogP contribution < -0.4 is 4.90 Å². The summed E-state index contributed by atoms with van der Waals surface area (Å²) in [5, 5.41) is 0.187. The maximum atomic E-state index is 12.2. The fraction of sp³-hybridized carbons (Fsp3) is 0.154. The van der Waals surface area contributed by atoms with E-state index in [-0.39, 0.29) is 11.1 Å². The highest BCUT2D eigenvalue weighted by atomic mass is 35.5. The molecule has 18 heavy (non-hydrogen) atoms. The molecule has 5 heteroatoms. The lowest BCUT2D eigenvalue weighted by atomic mass is 10.1. The van der Waals surface area contributed by atoms with Gasteiger partial charge in [-0.1, -0.05) is 12.1 Å². The Morgan fingerprint density at radius 1 is 1.33 bits per heavy atom. The number of nitrogens with zero attached hydrogens (tertiary/aromatic N) is 3. The lowest BCUT2D eigenvalue weighted by molar-refractivity contribution is 0.0994. The summed E-state index contributed by atoms with van der Waals surface area (Å²) in [7, 11) is 1.87. The van der Waals surface area contributed by atoms with E-state index in [9.17, 15) is 4.79 Å². The highest BCUT2D eigenvalue weighted by molar-refractivity contribution is 6.28. The number of Topliss-reactive ketones (excluding diaryl/α,β-unsaturated/α-hetero) is 1. The van der Waals surface area contributed by atoms with E-state index in [0.717, 1.165) is 11.3 Å². The zero-order valence-electron chi connectivity index (χ0n) is 9.72. The van der Waals surface area contributed by atoms with E-state index in [4.69, 9.17) is 11.6 Å². The molecular weight excluding hydrogens is 250 g/mol. The minimum absolute atomic E-state index is 0.0714. The molecule has 0 saturated carbocycles. The van der Waals surface area contributed by atoms with Gasteiger partial charge in [0.2, 0.25) is 5.28 Å². The van der Waals surface area contributed by atoms with Crippen molar-refractivity contribution in [2.75, 3.05) is 11.9 Å². The Balaban J connectivity index is 2.26. The summed E-state index contributed by atoms with van der Waals surface area (Å²) in [5.41, 5.74) is 2.34. The molecule has 0 saturated heterocycles. The second-order valence-corrected chi connectivity index (χ2v) is 4.50. The molecule has 0 amide bonds. The van der Waals surface area contributed by atoms with Gasteiger partial charge in [0.1, 0.15) is 5.82 Å². The monoisotopic (exact) mass is 259 g/mol. The summed E-state index contributed by atoms with van der Waals surface area (Å²) >= 11 is 5.82. The van der Waals surface area contributed by atoms with Crippen molar-refractivity contribution >= 4 is 28.9 Å². The molecule has 2 heterocycles. The van der Waals surface area contributed by atoms with E-state index in [2.05, 4.69) is 9.97 Å². The number of rotatable bonds is 0. The van der Waals surface area contributed by atoms with Gasteiger partial charge in [-0.25, -0.2) is 4.98 Å². The Morgan fingerprint density at radius 2 is 2.11 bits per heavy atom. The van der Waals surface area contributed by atoms with Crippen LogP contribution in [0.5, 0.6) is 0 Å². The average molecular weight is 260 g/mol. The number of fused-ring (bicyclic) bond motifs is 2. The molecule has 0 bridgehead atoms. The van der Waals surface area contributed by atoms with Crippen molar-refractivity contribution in [2.24, 2.45) is 0 Å². The van der Waals surface area contributed by atoms with Crippen LogP contribution in [0.15, 0.2) is 30.5 Å². The summed E-state index contributed by atoms with van der Waals surface area (Å²) in [6, 6.07) is 7.49. The van der Waals surface area contributed by atoms with Crippen molar-refractivity contribution in [1.29, 1.82) is 0 Å². The second kappa shape index (κ2) is 4.07. The molecular formula is C13H10ClN3O. The number of aromatic nitrogens is 2. The van der Waals surface area contributed by atoms with Gasteiger partial charge in [-0.2, -0.15) is 4.98 Å². The average Bonchev–Trinajstić information content (AvgIpc) is 2.48. The van der Waals surface area contributed by atoms with Gasteiger partial charge in [-0.05, 0) is 23.7 Å². The fourth-order valence-corrected chi connectivity index (χ4v) is 2.31. The molecule has 4 nitrogen and oxygen atoms in total. The molecule has 0 unspecified atom stereocenters. The summed E-state index contributed by atoms with van der Waals surface area (Å²) in [6.07, 6.45) is 1.92. The van der Waals surface area contributed by atoms with Gasteiger partial charge >= 0.3 is 0 Å². The first-order valence-electron chi connectivity index (χ1n) is 5.54. The molecule has 0 N–H and O–H groups in total. The van der Waals surface area contributed by atoms with Gasteiger partial charge in [0.25, 0.3) is 0 Å². The zero-order chi connectivity index (χ0) is 12.7. The highest BCUT2D eigenvalue weighted by Crippen LogP contribution is 2.33. The van der Waals surface area contributed by atoms with Gasteiger partial charge in [0, 0.05) is 30.8 Å². The van der Waals surface area contributed by atoms with Crippen LogP contribution in [0.2, 0.25) is 5.28 Å². The second-order valence-electron chi connectivity index (χ2n) is 4.16. The predicted octanol–water partition coefficient (Wildman–Crippen LogP) is 2.64. The smallest absolute Gasteiger partial charge is 0.224 e. The first kappa shape index (κ1) is 11.2. The van der Waals surface area contributed by atoms with E-state index in [1.165, 1.54) is 0 Å². The van der Waals surface area contributed by atoms with Crippen LogP contribution in [-0.4, -0.2) is 22.8 Å². The molecule has 0 radical (unpaired) electrons. The minimum atomic E-state index is 0.0714. The summed E-state index contributed by atoms with van der Waals surface area (Å²) in [6.45, 7) is 0. The van der Waals surface area contributed by atoms with Gasteiger partial charge in [0.15, 0.2) is 5.78 Å². The number of carbonyl (C=O) groups is 1. The van der Waals surface area contributed by atoms with Crippen molar-refractivity contribution in [3.8, 4) is 0 Å². The number of anilines is 2. The molecule has 90 valence electrons. The molecule has 0 spiro atoms. The Hall–Kier alpha value is -1.94. The van der Waals surface area contributed by atoms with Crippen molar-refractivity contribution in [1.82, 2.24) is 9.97 Å². The molecule has 0 fully saturated rings. The molecule has 3 rings (SSSR count). The number of carbonyl (C=O) groups excluding carboxylic acids is 1. The zero-order valence-corrected chi connectivity index (χ0v) is 10.5. The first-order valence-corrected chi connectivity index (χ1v) is 5.92. The van der Waals surface area contributed by atoms with Crippen LogP contribution in [0.3, 0.4) is 0 Å². The van der Waals surface area contributed by atoms with Crippen LogP contribution in [0.25, 0.3) is 0 Å². The Bertz CT molecular complexity index is 642. The van der Waals surface area contributed by atoms with Gasteiger partial charge in [-0.3, -0.25) is 4.79 Å². The Labute approximate surface area is 109 Å². The topological polar surface area (TPSA) is 46.1 Å². The Morgan fingerprint density at radius 3 is 2.94 bits per heavy atom. The minimum Gasteiger partial charge on any atom is -0.328 e. The van der Waals surface area contributed by atoms with Gasteiger partial charge in [-0.15, -0.1) is 0 Å². The number of para-hydroxylation sites is 1. The van der Waals surface area contributed by atoms with Gasteiger partial charge < -0.3 is 4.90 Å². The standard InChI is InChI=1S/C13H10ClN3O/c1-17-10-5-3-2-4-9(10)11(18)6-8-7-15-13(14)16-12(8)17/h2-5,7H,6H2,1H3. The van der Waals surface area contributed by atoms with Gasteiger partial charge in [0.05, 0.1) is 5.69 Å². The van der Waals surface area contributed by atoms with E-state index < -0.39 is 0 Å². The number of hydrogen-bond acceptors (Lipinski definition) is 4. The predicted molar refractivity (Wildman–Crippen MR) is 69.6 cm³/mol. The lowest BCUT2D eigenvalue weighted by Crippen LogP contribution is -2.13. The largest absolute Gasteiger partial charge is 0.328 e. The van der Waals surface area contributed by atoms with Crippen molar-refractivity contribution in [3.63, 3.8) is 0 Å². The van der Waals surface area contributed by atoms with E-state index in [1.807, 2.05) is 36.2 Å². The number of hydrogen-bond donors (Lipinski definition) is 0. The molecule has 1 aromatic carbocycles. The van der Waals surface area contributed by atoms with Crippen molar-refractivity contribution < 1.29 is 4.79 Å². The van der Waals surface area contributed by atoms with Crippen LogP contribution in [-0.2, 0) is 6.42 Å². The lowest BCUT2D eigenvalue weighted by Gasteiger charge is -2.19. The molecule has 0 aliphatic carbocycles. The third kappa shape index (κ3) is 1.66. The molecule has 2 aromatic rings. The summed E-state index contributed by atoms with van der Waals surface area (Å²) in [4.78, 5) is 22.2. The maximum absolute atomic E-state index is 12.2. The number of ketones is 1. The van der Waals surface area contributed by atoms with E-state index >= 15 is 0 Å². The molecule has 1 aliphatic rings. The molecule has 0 atom stereocenters. The Kier molecular flexibility index (Phi) is 2.52. The number of benzene rings is 1. The van der Waals surface area contributed by atoms with Crippen LogP contribution in [0.1, 0.15) is 15.9 Å². The quantitative estimate of drug-likeness (QED) is 0.683. The van der Waals surface area contributed by atoms with E-state index in [1.54, 1.807) is 6.20 Å². The SMILES string of the molecule is CN1c2ccccc2C(=O)Cc2cnc(Cl)nc21. The van der Waals surface area contributed by atoms with E-state index in [0.29, 0.717) is 17.8 Å². The summed E-state index contributed by atoms with van der Waals surface area (Å²) < 4.78 is 0. The van der Waals surface area contributed by atoms with Crippen molar-refractivity contribution in [2.45, 2.75) is 6.42 Å². The third-order valence-corrected chi connectivity index (χ3v) is 3.23. The third-order valence-electron chi connectivity index (χ3n) is 3.05. The molecule has 1 aromatic heterocycles. The maximum Gasteiger partial charge on any atom is 0.224 e. The fourth-order valence-electron chi connectivity index (χ4n) is 2.18.